The van der Waals surface area contributed by atoms with Crippen LogP contribution in [0.3, 0.4) is 0 Å². The van der Waals surface area contributed by atoms with Crippen molar-refractivity contribution in [3.05, 3.63) is 149 Å². The first kappa shape index (κ1) is 29.1. The first-order valence-corrected chi connectivity index (χ1v) is 16.2. The molecule has 4 aromatic carbocycles. The zero-order chi connectivity index (χ0) is 32.4. The third-order valence-corrected chi connectivity index (χ3v) is 11.0. The Kier molecular flexibility index (Phi) is 6.72. The zero-order valence-electron chi connectivity index (χ0n) is 25.9. The number of amides is 2. The number of allylic oxidation sites excluding steroid dienone is 4. The van der Waals surface area contributed by atoms with Crippen molar-refractivity contribution in [3.63, 3.8) is 0 Å². The lowest BCUT2D eigenvalue weighted by molar-refractivity contribution is -0.135. The normalized spacial score (nSPS) is 28.3. The maximum Gasteiger partial charge on any atom is 0.238 e. The molecule has 0 bridgehead atoms. The molecule has 2 amide bonds. The number of nitrogens with zero attached hydrogens (tertiary/aromatic N) is 1. The fraction of sp³-hybridized carbons (Fsp3) is 0.220. The molecule has 47 heavy (non-hydrogen) atoms. The number of phenols is 1. The third kappa shape index (κ3) is 4.10. The van der Waals surface area contributed by atoms with Crippen molar-refractivity contribution >= 4 is 34.6 Å². The Morgan fingerprint density at radius 1 is 0.745 bits per heavy atom. The summed E-state index contributed by atoms with van der Waals surface area (Å²) in [6, 6.07) is 33.1. The predicted octanol–water partition coefficient (Wildman–Crippen LogP) is 6.73. The van der Waals surface area contributed by atoms with E-state index < -0.39 is 35.0 Å². The highest BCUT2D eigenvalue weighted by atomic mass is 16.3. The molecule has 1 saturated carbocycles. The van der Waals surface area contributed by atoms with Gasteiger partial charge in [0.2, 0.25) is 11.8 Å². The van der Waals surface area contributed by atoms with Gasteiger partial charge in [-0.1, -0.05) is 109 Å². The molecule has 6 unspecified atom stereocenters. The number of phenolic OH excluding ortho intramolecular Hbond substituents is 1. The van der Waals surface area contributed by atoms with Crippen molar-refractivity contribution in [1.82, 2.24) is 0 Å². The van der Waals surface area contributed by atoms with Gasteiger partial charge in [-0.3, -0.25) is 24.1 Å². The Bertz CT molecular complexity index is 2010. The first-order chi connectivity index (χ1) is 22.8. The number of fused-ring (bicyclic) bond motifs is 4. The van der Waals surface area contributed by atoms with Crippen LogP contribution in [0.25, 0.3) is 5.57 Å². The van der Waals surface area contributed by atoms with Gasteiger partial charge in [0.05, 0.1) is 22.9 Å². The van der Waals surface area contributed by atoms with E-state index in [2.05, 4.69) is 0 Å². The summed E-state index contributed by atoms with van der Waals surface area (Å²) in [5, 5.41) is 11.7. The Morgan fingerprint density at radius 2 is 1.40 bits per heavy atom. The number of para-hydroxylation sites is 2. The molecule has 8 rings (SSSR count). The van der Waals surface area contributed by atoms with E-state index in [1.54, 1.807) is 24.3 Å². The van der Waals surface area contributed by atoms with Crippen LogP contribution in [0.5, 0.6) is 5.75 Å². The van der Waals surface area contributed by atoms with Gasteiger partial charge in [0.15, 0.2) is 11.6 Å². The SMILES string of the molecule is Cc1cccc(C2C3=CCC4C(=O)N(c5ccccc5)C(=O)C4C3CC3C(=O)C(c4ccccc4)=CC(=O)C32c2ccccc2)c1O. The smallest absolute Gasteiger partial charge is 0.238 e. The van der Waals surface area contributed by atoms with Crippen molar-refractivity contribution in [2.75, 3.05) is 4.90 Å². The Labute approximate surface area is 273 Å². The van der Waals surface area contributed by atoms with Gasteiger partial charge >= 0.3 is 0 Å². The summed E-state index contributed by atoms with van der Waals surface area (Å²) in [5.41, 5.74) is 2.88. The van der Waals surface area contributed by atoms with Gasteiger partial charge in [-0.2, -0.15) is 0 Å². The number of carbonyl (C=O) groups excluding carboxylic acids is 4. The van der Waals surface area contributed by atoms with Crippen molar-refractivity contribution in [1.29, 1.82) is 0 Å². The average Bonchev–Trinajstić information content (AvgIpc) is 3.37. The van der Waals surface area contributed by atoms with Crippen LogP contribution >= 0.6 is 0 Å². The summed E-state index contributed by atoms with van der Waals surface area (Å²) < 4.78 is 0. The highest BCUT2D eigenvalue weighted by Gasteiger charge is 2.66. The second-order valence-electron chi connectivity index (χ2n) is 13.1. The summed E-state index contributed by atoms with van der Waals surface area (Å²) in [7, 11) is 0. The van der Waals surface area contributed by atoms with E-state index in [1.165, 1.54) is 11.0 Å². The number of benzene rings is 4. The summed E-state index contributed by atoms with van der Waals surface area (Å²) in [6.45, 7) is 1.81. The van der Waals surface area contributed by atoms with E-state index in [0.717, 1.165) is 5.57 Å². The molecule has 4 aliphatic rings. The van der Waals surface area contributed by atoms with E-state index >= 15 is 4.79 Å². The van der Waals surface area contributed by atoms with Gasteiger partial charge in [0.25, 0.3) is 0 Å². The number of hydrogen-bond donors (Lipinski definition) is 1. The van der Waals surface area contributed by atoms with E-state index in [0.29, 0.717) is 39.9 Å². The molecule has 1 saturated heterocycles. The molecule has 6 nitrogen and oxygen atoms in total. The number of aromatic hydroxyl groups is 1. The van der Waals surface area contributed by atoms with Crippen LogP contribution in [0.15, 0.2) is 127 Å². The van der Waals surface area contributed by atoms with Gasteiger partial charge < -0.3 is 5.11 Å². The number of imide groups is 1. The Hall–Kier alpha value is -5.36. The number of Topliss-reactive ketones (excluding diaryl/α,β-unsaturated/α-hetero) is 1. The number of ketones is 2. The molecule has 6 heteroatoms. The van der Waals surface area contributed by atoms with Gasteiger partial charge in [-0.25, -0.2) is 0 Å². The number of hydrogen-bond acceptors (Lipinski definition) is 5. The lowest BCUT2D eigenvalue weighted by Crippen LogP contribution is -2.58. The monoisotopic (exact) mass is 619 g/mol. The Balaban J connectivity index is 1.38. The molecule has 1 N–H and O–H groups in total. The molecular formula is C41H33NO5. The van der Waals surface area contributed by atoms with E-state index in [-0.39, 0.29) is 35.6 Å². The van der Waals surface area contributed by atoms with Gasteiger partial charge in [-0.15, -0.1) is 0 Å². The summed E-state index contributed by atoms with van der Waals surface area (Å²) >= 11 is 0. The number of rotatable bonds is 4. The number of anilines is 1. The molecule has 6 atom stereocenters. The maximum atomic E-state index is 15.0. The van der Waals surface area contributed by atoms with Crippen molar-refractivity contribution in [2.24, 2.45) is 23.7 Å². The highest BCUT2D eigenvalue weighted by Crippen LogP contribution is 2.64. The van der Waals surface area contributed by atoms with E-state index in [1.807, 2.05) is 97.9 Å². The number of carbonyl (C=O) groups is 4. The fourth-order valence-corrected chi connectivity index (χ4v) is 8.96. The molecule has 2 fully saturated rings. The zero-order valence-corrected chi connectivity index (χ0v) is 25.9. The first-order valence-electron chi connectivity index (χ1n) is 16.2. The lowest BCUT2D eigenvalue weighted by Gasteiger charge is -2.55. The van der Waals surface area contributed by atoms with Crippen molar-refractivity contribution in [2.45, 2.75) is 31.1 Å². The Morgan fingerprint density at radius 3 is 2.11 bits per heavy atom. The van der Waals surface area contributed by atoms with Crippen LogP contribution in [0, 0.1) is 30.6 Å². The molecule has 1 aliphatic heterocycles. The second-order valence-corrected chi connectivity index (χ2v) is 13.1. The molecule has 4 aromatic rings. The van der Waals surface area contributed by atoms with Gasteiger partial charge in [-0.05, 0) is 60.6 Å². The largest absolute Gasteiger partial charge is 0.507 e. The molecular weight excluding hydrogens is 586 g/mol. The molecule has 0 radical (unpaired) electrons. The third-order valence-electron chi connectivity index (χ3n) is 11.0. The number of aryl methyl sites for hydroxylation is 1. The fourth-order valence-electron chi connectivity index (χ4n) is 8.96. The van der Waals surface area contributed by atoms with Crippen LogP contribution in [-0.2, 0) is 24.6 Å². The molecule has 0 spiro atoms. The molecule has 232 valence electrons. The maximum absolute atomic E-state index is 15.0. The van der Waals surface area contributed by atoms with Crippen LogP contribution in [0.1, 0.15) is 41.0 Å². The lowest BCUT2D eigenvalue weighted by atomic mass is 9.44. The van der Waals surface area contributed by atoms with Gasteiger partial charge in [0, 0.05) is 23.0 Å². The van der Waals surface area contributed by atoms with Gasteiger partial charge in [0.1, 0.15) is 5.75 Å². The van der Waals surface area contributed by atoms with E-state index in [9.17, 15) is 19.5 Å². The second kappa shape index (κ2) is 10.9. The van der Waals surface area contributed by atoms with Crippen molar-refractivity contribution in [3.8, 4) is 5.75 Å². The minimum absolute atomic E-state index is 0.0630. The van der Waals surface area contributed by atoms with Crippen LogP contribution in [0.4, 0.5) is 5.69 Å². The van der Waals surface area contributed by atoms with Crippen LogP contribution in [-0.4, -0.2) is 28.5 Å². The molecule has 0 aromatic heterocycles. The van der Waals surface area contributed by atoms with E-state index in [4.69, 9.17) is 0 Å². The summed E-state index contributed by atoms with van der Waals surface area (Å²) in [4.78, 5) is 59.6. The molecule has 1 heterocycles. The molecule has 3 aliphatic carbocycles. The summed E-state index contributed by atoms with van der Waals surface area (Å²) in [5.74, 6) is -4.20. The average molecular weight is 620 g/mol. The van der Waals surface area contributed by atoms with Crippen molar-refractivity contribution < 1.29 is 24.3 Å². The summed E-state index contributed by atoms with van der Waals surface area (Å²) in [6.07, 6.45) is 4.07. The minimum Gasteiger partial charge on any atom is -0.507 e. The standard InChI is InChI=1S/C41H33NO5/c1-24-12-11-19-30(37(24)44)36-28-20-21-29-35(40(47)42(39(29)46)27-17-9-4-10-18-27)32(28)22-33-38(45)31(25-13-5-2-6-14-25)23-34(43)41(33,36)26-15-7-3-8-16-26/h2-20,23,29,32-33,35-36,44H,21-22H2,1H3. The van der Waals surface area contributed by atoms with Crippen LogP contribution in [0.2, 0.25) is 0 Å². The quantitative estimate of drug-likeness (QED) is 0.202. The van der Waals surface area contributed by atoms with Crippen LogP contribution < -0.4 is 4.90 Å². The highest BCUT2D eigenvalue weighted by molar-refractivity contribution is 6.32. The minimum atomic E-state index is -1.37. The topological polar surface area (TPSA) is 91.8 Å². The predicted molar refractivity (Wildman–Crippen MR) is 178 cm³/mol.